The summed E-state index contributed by atoms with van der Waals surface area (Å²) in [4.78, 5) is 11.9. The van der Waals surface area contributed by atoms with E-state index >= 15 is 0 Å². The van der Waals surface area contributed by atoms with Crippen molar-refractivity contribution < 1.29 is 15.0 Å². The summed E-state index contributed by atoms with van der Waals surface area (Å²) >= 11 is 0. The highest BCUT2D eigenvalue weighted by Gasteiger charge is 2.45. The zero-order valence-corrected chi connectivity index (χ0v) is 11.6. The van der Waals surface area contributed by atoms with Crippen molar-refractivity contribution in [3.8, 4) is 0 Å². The first kappa shape index (κ1) is 16.2. The van der Waals surface area contributed by atoms with Crippen LogP contribution in [0.4, 0.5) is 11.4 Å². The molecule has 9 N–H and O–H groups in total. The van der Waals surface area contributed by atoms with Gasteiger partial charge in [0.1, 0.15) is 5.54 Å². The Balaban J connectivity index is 3.10. The second kappa shape index (κ2) is 6.08. The zero-order valence-electron chi connectivity index (χ0n) is 11.6. The van der Waals surface area contributed by atoms with Crippen molar-refractivity contribution >= 4 is 17.3 Å². The number of benzene rings is 1. The Bertz CT molecular complexity index is 472. The third kappa shape index (κ3) is 2.84. The summed E-state index contributed by atoms with van der Waals surface area (Å²) in [5.41, 5.74) is 16.9. The number of likely N-dealkylation sites (N-methyl/N-ethyl adjacent to an activating group) is 1. The predicted octanol–water partition coefficient (Wildman–Crippen LogP) is -1.42. The number of hydrogen-bond acceptors (Lipinski definition) is 6. The molecule has 0 saturated heterocycles. The molecule has 1 aromatic rings. The lowest BCUT2D eigenvalue weighted by Crippen LogP contribution is -2.67. The summed E-state index contributed by atoms with van der Waals surface area (Å²) in [5.74, 6) is -0.659. The molecule has 7 nitrogen and oxygen atoms in total. The Morgan fingerprint density at radius 3 is 2.25 bits per heavy atom. The molecule has 0 aromatic heterocycles. The Morgan fingerprint density at radius 1 is 1.35 bits per heavy atom. The number of anilines is 2. The van der Waals surface area contributed by atoms with E-state index in [1.165, 1.54) is 14.0 Å². The summed E-state index contributed by atoms with van der Waals surface area (Å²) in [7, 11) is 1.38. The molecule has 112 valence electrons. The van der Waals surface area contributed by atoms with Crippen LogP contribution in [0.15, 0.2) is 18.2 Å². The minimum atomic E-state index is -1.84. The number of nitrogens with one attached hydrogen (secondary N) is 1. The van der Waals surface area contributed by atoms with Crippen LogP contribution in [0.3, 0.4) is 0 Å². The standard InChI is InChI=1S/C13H22N4O3/c1-7(18)13(16,12(20)17-2)11(19)6-8-9(14)4-3-5-10(8)15/h3-5,7,11,18-19H,6,14-16H2,1-2H3,(H,17,20). The second-order valence-electron chi connectivity index (χ2n) is 4.82. The highest BCUT2D eigenvalue weighted by molar-refractivity contribution is 5.87. The van der Waals surface area contributed by atoms with Crippen LogP contribution in [0.5, 0.6) is 0 Å². The molecule has 3 atom stereocenters. The number of rotatable bonds is 5. The average molecular weight is 282 g/mol. The summed E-state index contributed by atoms with van der Waals surface area (Å²) in [6, 6.07) is 4.96. The van der Waals surface area contributed by atoms with Crippen LogP contribution in [0, 0.1) is 0 Å². The van der Waals surface area contributed by atoms with Gasteiger partial charge < -0.3 is 32.7 Å². The molecule has 0 fully saturated rings. The summed E-state index contributed by atoms with van der Waals surface area (Å²) in [6.45, 7) is 1.34. The van der Waals surface area contributed by atoms with Gasteiger partial charge in [0, 0.05) is 30.4 Å². The maximum Gasteiger partial charge on any atom is 0.245 e. The fourth-order valence-electron chi connectivity index (χ4n) is 2.06. The first-order valence-electron chi connectivity index (χ1n) is 6.25. The maximum absolute atomic E-state index is 11.9. The highest BCUT2D eigenvalue weighted by Crippen LogP contribution is 2.25. The topological polar surface area (TPSA) is 148 Å². The molecule has 0 saturated carbocycles. The molecule has 3 unspecified atom stereocenters. The van der Waals surface area contributed by atoms with Crippen molar-refractivity contribution in [2.75, 3.05) is 18.5 Å². The minimum Gasteiger partial charge on any atom is -0.398 e. The van der Waals surface area contributed by atoms with Gasteiger partial charge in [0.25, 0.3) is 0 Å². The van der Waals surface area contributed by atoms with E-state index in [0.29, 0.717) is 16.9 Å². The molecule has 20 heavy (non-hydrogen) atoms. The molecular formula is C13H22N4O3. The monoisotopic (exact) mass is 282 g/mol. The van der Waals surface area contributed by atoms with E-state index in [0.717, 1.165) is 0 Å². The van der Waals surface area contributed by atoms with Gasteiger partial charge >= 0.3 is 0 Å². The number of amides is 1. The van der Waals surface area contributed by atoms with Gasteiger partial charge in [-0.25, -0.2) is 0 Å². The summed E-state index contributed by atoms with van der Waals surface area (Å²) in [6.07, 6.45) is -2.62. The smallest absolute Gasteiger partial charge is 0.245 e. The fraction of sp³-hybridized carbons (Fsp3) is 0.462. The Morgan fingerprint density at radius 2 is 1.85 bits per heavy atom. The van der Waals surface area contributed by atoms with Crippen LogP contribution in [0.2, 0.25) is 0 Å². The van der Waals surface area contributed by atoms with Gasteiger partial charge in [-0.2, -0.15) is 0 Å². The molecule has 0 bridgehead atoms. The second-order valence-corrected chi connectivity index (χ2v) is 4.82. The van der Waals surface area contributed by atoms with E-state index in [1.54, 1.807) is 18.2 Å². The van der Waals surface area contributed by atoms with Crippen LogP contribution in [-0.4, -0.2) is 40.9 Å². The SMILES string of the molecule is CNC(=O)C(N)(C(C)O)C(O)Cc1c(N)cccc1N. The van der Waals surface area contributed by atoms with E-state index in [4.69, 9.17) is 17.2 Å². The molecule has 0 aliphatic carbocycles. The molecule has 0 spiro atoms. The lowest BCUT2D eigenvalue weighted by molar-refractivity contribution is -0.135. The van der Waals surface area contributed by atoms with Gasteiger partial charge in [-0.3, -0.25) is 4.79 Å². The van der Waals surface area contributed by atoms with Gasteiger partial charge in [0.2, 0.25) is 5.91 Å². The first-order chi connectivity index (χ1) is 9.25. The number of carbonyl (C=O) groups excluding carboxylic acids is 1. The fourth-order valence-corrected chi connectivity index (χ4v) is 2.06. The van der Waals surface area contributed by atoms with Crippen molar-refractivity contribution in [1.82, 2.24) is 5.32 Å². The third-order valence-corrected chi connectivity index (χ3v) is 3.51. The quantitative estimate of drug-likeness (QED) is 0.365. The van der Waals surface area contributed by atoms with Gasteiger partial charge in [-0.1, -0.05) is 6.07 Å². The van der Waals surface area contributed by atoms with Crippen molar-refractivity contribution in [2.24, 2.45) is 5.73 Å². The molecule has 0 aliphatic heterocycles. The minimum absolute atomic E-state index is 0.0344. The predicted molar refractivity (Wildman–Crippen MR) is 77.6 cm³/mol. The molecule has 1 rings (SSSR count). The third-order valence-electron chi connectivity index (χ3n) is 3.51. The first-order valence-corrected chi connectivity index (χ1v) is 6.25. The molecule has 0 radical (unpaired) electrons. The zero-order chi connectivity index (χ0) is 15.5. The van der Waals surface area contributed by atoms with E-state index in [1.807, 2.05) is 0 Å². The van der Waals surface area contributed by atoms with Crippen molar-refractivity contribution in [1.29, 1.82) is 0 Å². The average Bonchev–Trinajstić information content (AvgIpc) is 2.40. The van der Waals surface area contributed by atoms with E-state index in [9.17, 15) is 15.0 Å². The summed E-state index contributed by atoms with van der Waals surface area (Å²) in [5, 5.41) is 22.4. The lowest BCUT2D eigenvalue weighted by Gasteiger charge is -2.35. The molecule has 0 heterocycles. The molecule has 0 aliphatic rings. The molecule has 1 amide bonds. The van der Waals surface area contributed by atoms with Gasteiger partial charge in [0.15, 0.2) is 0 Å². The van der Waals surface area contributed by atoms with Crippen LogP contribution >= 0.6 is 0 Å². The number of hydrogen-bond donors (Lipinski definition) is 6. The Kier molecular flexibility index (Phi) is 4.93. The van der Waals surface area contributed by atoms with Crippen LogP contribution in [0.1, 0.15) is 12.5 Å². The van der Waals surface area contributed by atoms with Crippen molar-refractivity contribution in [3.05, 3.63) is 23.8 Å². The van der Waals surface area contributed by atoms with Crippen molar-refractivity contribution in [3.63, 3.8) is 0 Å². The highest BCUT2D eigenvalue weighted by atomic mass is 16.3. The maximum atomic E-state index is 11.9. The van der Waals surface area contributed by atoms with Gasteiger partial charge in [-0.15, -0.1) is 0 Å². The van der Waals surface area contributed by atoms with Gasteiger partial charge in [-0.05, 0) is 19.1 Å². The van der Waals surface area contributed by atoms with Crippen LogP contribution < -0.4 is 22.5 Å². The number of carbonyl (C=O) groups is 1. The lowest BCUT2D eigenvalue weighted by atomic mass is 9.83. The number of aliphatic hydroxyl groups excluding tert-OH is 2. The molecule has 1 aromatic carbocycles. The Hall–Kier alpha value is -1.83. The molecular weight excluding hydrogens is 260 g/mol. The Labute approximate surface area is 117 Å². The largest absolute Gasteiger partial charge is 0.398 e. The van der Waals surface area contributed by atoms with Crippen LogP contribution in [-0.2, 0) is 11.2 Å². The molecule has 7 heteroatoms. The van der Waals surface area contributed by atoms with E-state index in [-0.39, 0.29) is 6.42 Å². The summed E-state index contributed by atoms with van der Waals surface area (Å²) < 4.78 is 0. The number of nitrogens with two attached hydrogens (primary N) is 3. The van der Waals surface area contributed by atoms with E-state index < -0.39 is 23.7 Å². The number of nitrogen functional groups attached to an aromatic ring is 2. The van der Waals surface area contributed by atoms with Crippen LogP contribution in [0.25, 0.3) is 0 Å². The normalized spacial score (nSPS) is 17.1. The van der Waals surface area contributed by atoms with Gasteiger partial charge in [0.05, 0.1) is 12.2 Å². The van der Waals surface area contributed by atoms with Crippen molar-refractivity contribution in [2.45, 2.75) is 31.1 Å². The number of aliphatic hydroxyl groups is 2. The van der Waals surface area contributed by atoms with E-state index in [2.05, 4.69) is 5.32 Å².